The molecule has 5 nitrogen and oxygen atoms in total. The molecule has 1 aromatic heterocycles. The van der Waals surface area contributed by atoms with Gasteiger partial charge in [0.2, 0.25) is 0 Å². The third-order valence-corrected chi connectivity index (χ3v) is 4.34. The first-order valence-corrected chi connectivity index (χ1v) is 7.43. The molecule has 0 bridgehead atoms. The molecule has 0 radical (unpaired) electrons. The molecular weight excluding hydrogens is 298 g/mol. The van der Waals surface area contributed by atoms with Gasteiger partial charge in [0, 0.05) is 22.0 Å². The highest BCUT2D eigenvalue weighted by atomic mass is 32.2. The molecule has 0 aliphatic rings. The Morgan fingerprint density at radius 1 is 1.00 bits per heavy atom. The van der Waals surface area contributed by atoms with Gasteiger partial charge in [0.15, 0.2) is 11.5 Å². The number of fused-ring (bicyclic) bond motifs is 1. The summed E-state index contributed by atoms with van der Waals surface area (Å²) in [6, 6.07) is 11.4. The lowest BCUT2D eigenvalue weighted by molar-refractivity contribution is 0.355. The number of nitrogens with zero attached hydrogens (tertiary/aromatic N) is 2. The van der Waals surface area contributed by atoms with Crippen LogP contribution in [0.4, 0.5) is 5.69 Å². The van der Waals surface area contributed by atoms with Crippen molar-refractivity contribution in [3.63, 3.8) is 0 Å². The topological polar surface area (TPSA) is 70.3 Å². The van der Waals surface area contributed by atoms with Crippen LogP contribution >= 0.6 is 11.8 Å². The summed E-state index contributed by atoms with van der Waals surface area (Å²) in [7, 11) is 3.21. The van der Waals surface area contributed by atoms with Crippen molar-refractivity contribution in [3.05, 3.63) is 42.7 Å². The summed E-state index contributed by atoms with van der Waals surface area (Å²) in [6.45, 7) is 0. The van der Waals surface area contributed by atoms with E-state index in [2.05, 4.69) is 9.97 Å². The van der Waals surface area contributed by atoms with Crippen LogP contribution < -0.4 is 15.2 Å². The van der Waals surface area contributed by atoms with E-state index in [0.29, 0.717) is 11.5 Å². The summed E-state index contributed by atoms with van der Waals surface area (Å²) in [5, 5.41) is 1.72. The molecule has 0 fully saturated rings. The number of rotatable bonds is 4. The molecule has 0 amide bonds. The monoisotopic (exact) mass is 313 g/mol. The van der Waals surface area contributed by atoms with Gasteiger partial charge >= 0.3 is 0 Å². The Balaban J connectivity index is 2.12. The number of anilines is 1. The first-order chi connectivity index (χ1) is 10.7. The Labute approximate surface area is 132 Å². The minimum absolute atomic E-state index is 0.642. The predicted octanol–water partition coefficient (Wildman–Crippen LogP) is 3.38. The van der Waals surface area contributed by atoms with Crippen molar-refractivity contribution in [2.24, 2.45) is 0 Å². The Morgan fingerprint density at radius 3 is 2.45 bits per heavy atom. The van der Waals surface area contributed by atoms with Crippen LogP contribution in [0, 0.1) is 0 Å². The molecule has 0 spiro atoms. The average Bonchev–Trinajstić information content (AvgIpc) is 2.56. The van der Waals surface area contributed by atoms with Gasteiger partial charge in [-0.2, -0.15) is 0 Å². The van der Waals surface area contributed by atoms with Crippen LogP contribution in [-0.4, -0.2) is 24.2 Å². The first kappa shape index (κ1) is 14.5. The Hall–Kier alpha value is -2.47. The number of benzene rings is 2. The summed E-state index contributed by atoms with van der Waals surface area (Å²) >= 11 is 1.50. The zero-order chi connectivity index (χ0) is 15.5. The fourth-order valence-electron chi connectivity index (χ4n) is 2.12. The fraction of sp³-hybridized carbons (Fsp3) is 0.125. The van der Waals surface area contributed by atoms with Gasteiger partial charge in [0.05, 0.1) is 19.7 Å². The van der Waals surface area contributed by atoms with Crippen molar-refractivity contribution in [3.8, 4) is 11.5 Å². The minimum atomic E-state index is 0.642. The molecular formula is C16H15N3O2S. The molecule has 0 aliphatic heterocycles. The van der Waals surface area contributed by atoms with E-state index in [4.69, 9.17) is 15.2 Å². The van der Waals surface area contributed by atoms with Gasteiger partial charge in [-0.3, -0.25) is 0 Å². The first-order valence-electron chi connectivity index (χ1n) is 6.62. The summed E-state index contributed by atoms with van der Waals surface area (Å²) < 4.78 is 10.7. The second-order valence-electron chi connectivity index (χ2n) is 4.54. The molecule has 2 N–H and O–H groups in total. The van der Waals surface area contributed by atoms with Gasteiger partial charge < -0.3 is 15.2 Å². The predicted molar refractivity (Wildman–Crippen MR) is 87.6 cm³/mol. The van der Waals surface area contributed by atoms with Gasteiger partial charge in [-0.15, -0.1) is 0 Å². The highest BCUT2D eigenvalue weighted by Gasteiger charge is 2.12. The van der Waals surface area contributed by atoms with Crippen LogP contribution in [-0.2, 0) is 0 Å². The normalized spacial score (nSPS) is 10.6. The third kappa shape index (κ3) is 2.65. The lowest BCUT2D eigenvalue weighted by Crippen LogP contribution is -1.94. The molecule has 0 atom stereocenters. The molecule has 1 heterocycles. The molecule has 3 aromatic rings. The molecule has 2 aromatic carbocycles. The average molecular weight is 313 g/mol. The number of hydrogen-bond acceptors (Lipinski definition) is 6. The van der Waals surface area contributed by atoms with Crippen molar-refractivity contribution in [2.45, 2.75) is 9.92 Å². The van der Waals surface area contributed by atoms with Gasteiger partial charge in [-0.05, 0) is 18.2 Å². The van der Waals surface area contributed by atoms with E-state index in [-0.39, 0.29) is 0 Å². The summed E-state index contributed by atoms with van der Waals surface area (Å²) in [6.07, 6.45) is 1.54. The van der Waals surface area contributed by atoms with Crippen LogP contribution in [0.3, 0.4) is 0 Å². The zero-order valence-corrected chi connectivity index (χ0v) is 13.1. The van der Waals surface area contributed by atoms with Crippen LogP contribution in [0.1, 0.15) is 0 Å². The maximum absolute atomic E-state index is 6.01. The fourth-order valence-corrected chi connectivity index (χ4v) is 3.03. The lowest BCUT2D eigenvalue weighted by atomic mass is 10.2. The molecule has 0 saturated carbocycles. The molecule has 6 heteroatoms. The van der Waals surface area contributed by atoms with Crippen LogP contribution in [0.2, 0.25) is 0 Å². The van der Waals surface area contributed by atoms with Crippen LogP contribution in [0.15, 0.2) is 52.6 Å². The number of para-hydroxylation sites is 1. The maximum Gasteiger partial charge on any atom is 0.162 e. The summed E-state index contributed by atoms with van der Waals surface area (Å²) in [5.74, 6) is 1.29. The van der Waals surface area contributed by atoms with Crippen molar-refractivity contribution in [1.82, 2.24) is 9.97 Å². The third-order valence-electron chi connectivity index (χ3n) is 3.23. The van der Waals surface area contributed by atoms with Gasteiger partial charge in [-0.1, -0.05) is 23.9 Å². The minimum Gasteiger partial charge on any atom is -0.493 e. The van der Waals surface area contributed by atoms with E-state index in [9.17, 15) is 0 Å². The number of hydrogen-bond donors (Lipinski definition) is 1. The van der Waals surface area contributed by atoms with Crippen molar-refractivity contribution < 1.29 is 9.47 Å². The molecule has 0 aliphatic carbocycles. The zero-order valence-electron chi connectivity index (χ0n) is 12.2. The Kier molecular flexibility index (Phi) is 4.02. The molecule has 3 rings (SSSR count). The number of ether oxygens (including phenoxy) is 2. The standard InChI is InChI=1S/C16H15N3O2S/c1-20-13-7-10-12(8-14(13)21-2)18-9-19-16(10)22-15-6-4-3-5-11(15)17/h3-9H,17H2,1-2H3. The maximum atomic E-state index is 6.01. The number of nitrogen functional groups attached to an aromatic ring is 1. The van der Waals surface area contributed by atoms with Crippen molar-refractivity contribution in [1.29, 1.82) is 0 Å². The highest BCUT2D eigenvalue weighted by Crippen LogP contribution is 2.38. The molecule has 0 saturated heterocycles. The molecule has 22 heavy (non-hydrogen) atoms. The van der Waals surface area contributed by atoms with Crippen molar-refractivity contribution in [2.75, 3.05) is 20.0 Å². The highest BCUT2D eigenvalue weighted by molar-refractivity contribution is 7.99. The molecule has 112 valence electrons. The van der Waals surface area contributed by atoms with Gasteiger partial charge in [-0.25, -0.2) is 9.97 Å². The lowest BCUT2D eigenvalue weighted by Gasteiger charge is -2.11. The second-order valence-corrected chi connectivity index (χ2v) is 5.57. The molecule has 0 unspecified atom stereocenters. The van der Waals surface area contributed by atoms with Crippen LogP contribution in [0.5, 0.6) is 11.5 Å². The quantitative estimate of drug-likeness (QED) is 0.588. The van der Waals surface area contributed by atoms with E-state index in [0.717, 1.165) is 26.5 Å². The van der Waals surface area contributed by atoms with E-state index in [1.807, 2.05) is 36.4 Å². The SMILES string of the molecule is COc1cc2ncnc(Sc3ccccc3N)c2cc1OC. The smallest absolute Gasteiger partial charge is 0.162 e. The van der Waals surface area contributed by atoms with E-state index in [1.54, 1.807) is 14.2 Å². The van der Waals surface area contributed by atoms with Crippen molar-refractivity contribution >= 4 is 28.4 Å². The summed E-state index contributed by atoms with van der Waals surface area (Å²) in [4.78, 5) is 9.63. The van der Waals surface area contributed by atoms with E-state index in [1.165, 1.54) is 18.1 Å². The largest absolute Gasteiger partial charge is 0.493 e. The van der Waals surface area contributed by atoms with Gasteiger partial charge in [0.1, 0.15) is 11.4 Å². The number of nitrogens with two attached hydrogens (primary N) is 1. The number of aromatic nitrogens is 2. The summed E-state index contributed by atoms with van der Waals surface area (Å²) in [5.41, 5.74) is 7.52. The van der Waals surface area contributed by atoms with Gasteiger partial charge in [0.25, 0.3) is 0 Å². The Morgan fingerprint density at radius 2 is 1.73 bits per heavy atom. The second kappa shape index (κ2) is 6.11. The number of methoxy groups -OCH3 is 2. The van der Waals surface area contributed by atoms with Crippen LogP contribution in [0.25, 0.3) is 10.9 Å². The van der Waals surface area contributed by atoms with E-state index >= 15 is 0 Å². The van der Waals surface area contributed by atoms with E-state index < -0.39 is 0 Å². The Bertz CT molecular complexity index is 824.